The summed E-state index contributed by atoms with van der Waals surface area (Å²) >= 11 is 6.92. The molecule has 16 heavy (non-hydrogen) atoms. The lowest BCUT2D eigenvalue weighted by Gasteiger charge is -2.07. The van der Waals surface area contributed by atoms with E-state index in [4.69, 9.17) is 5.73 Å². The van der Waals surface area contributed by atoms with Gasteiger partial charge < -0.3 is 5.73 Å². The molecule has 2 rings (SSSR count). The van der Waals surface area contributed by atoms with Gasteiger partial charge >= 0.3 is 0 Å². The van der Waals surface area contributed by atoms with Crippen LogP contribution < -0.4 is 5.73 Å². The van der Waals surface area contributed by atoms with Crippen LogP contribution in [0, 0.1) is 0 Å². The van der Waals surface area contributed by atoms with Crippen LogP contribution in [0.3, 0.4) is 0 Å². The lowest BCUT2D eigenvalue weighted by molar-refractivity contribution is 0.764. The zero-order chi connectivity index (χ0) is 11.7. The van der Waals surface area contributed by atoms with Gasteiger partial charge in [-0.1, -0.05) is 28.1 Å². The molecule has 6 heteroatoms. The molecule has 1 heterocycles. The number of nitrogens with two attached hydrogens (primary N) is 1. The molecule has 2 N–H and O–H groups in total. The molecular formula is C10H10Br2N4. The van der Waals surface area contributed by atoms with E-state index in [0.717, 1.165) is 26.7 Å². The van der Waals surface area contributed by atoms with Gasteiger partial charge in [-0.3, -0.25) is 0 Å². The number of halogens is 2. The molecule has 1 aromatic carbocycles. The number of aromatic nitrogens is 3. The first-order valence-electron chi connectivity index (χ1n) is 4.79. The van der Waals surface area contributed by atoms with E-state index >= 15 is 0 Å². The van der Waals surface area contributed by atoms with Gasteiger partial charge in [0.05, 0.1) is 11.4 Å². The first-order valence-corrected chi connectivity index (χ1v) is 6.37. The predicted molar refractivity (Wildman–Crippen MR) is 70.5 cm³/mol. The molecule has 84 valence electrons. The summed E-state index contributed by atoms with van der Waals surface area (Å²) in [5, 5.41) is 7.94. The van der Waals surface area contributed by atoms with Gasteiger partial charge in [-0.15, -0.1) is 5.10 Å². The molecular weight excluding hydrogens is 336 g/mol. The molecule has 4 nitrogen and oxygen atoms in total. The van der Waals surface area contributed by atoms with Crippen molar-refractivity contribution in [2.45, 2.75) is 13.3 Å². The highest BCUT2D eigenvalue weighted by Crippen LogP contribution is 2.26. The number of hydrogen-bond donors (Lipinski definition) is 1. The Kier molecular flexibility index (Phi) is 3.30. The first kappa shape index (κ1) is 11.6. The van der Waals surface area contributed by atoms with E-state index in [-0.39, 0.29) is 0 Å². The molecule has 2 aromatic rings. The van der Waals surface area contributed by atoms with Crippen molar-refractivity contribution < 1.29 is 0 Å². The number of hydrogen-bond acceptors (Lipinski definition) is 3. The number of nitrogen functional groups attached to an aromatic ring is 1. The molecule has 1 aromatic heterocycles. The van der Waals surface area contributed by atoms with E-state index in [2.05, 4.69) is 42.2 Å². The monoisotopic (exact) mass is 344 g/mol. The molecule has 0 unspecified atom stereocenters. The molecule has 0 atom stereocenters. The maximum atomic E-state index is 5.76. The third kappa shape index (κ3) is 1.99. The number of nitrogens with zero attached hydrogens (tertiary/aromatic N) is 3. The Morgan fingerprint density at radius 1 is 1.38 bits per heavy atom. The van der Waals surface area contributed by atoms with E-state index in [1.54, 1.807) is 4.68 Å². The summed E-state index contributed by atoms with van der Waals surface area (Å²) in [6.07, 6.45) is 0.789. The Morgan fingerprint density at radius 2 is 2.12 bits per heavy atom. The van der Waals surface area contributed by atoms with E-state index in [1.165, 1.54) is 0 Å². The zero-order valence-electron chi connectivity index (χ0n) is 8.61. The standard InChI is InChI=1S/C10H10Br2N4/c1-2-8-10(13)14-15-16(8)9-5-6(11)3-4-7(9)12/h3-5H,2,13H2,1H3. The second-order valence-corrected chi connectivity index (χ2v) is 5.05. The van der Waals surface area contributed by atoms with Crippen LogP contribution in [-0.2, 0) is 6.42 Å². The Balaban J connectivity index is 2.62. The Bertz CT molecular complexity index is 522. The van der Waals surface area contributed by atoms with Crippen molar-refractivity contribution in [3.63, 3.8) is 0 Å². The minimum atomic E-state index is 0.481. The summed E-state index contributed by atoms with van der Waals surface area (Å²) in [5.41, 5.74) is 7.60. The van der Waals surface area contributed by atoms with Crippen molar-refractivity contribution in [3.05, 3.63) is 32.8 Å². The van der Waals surface area contributed by atoms with E-state index < -0.39 is 0 Å². The fraction of sp³-hybridized carbons (Fsp3) is 0.200. The summed E-state index contributed by atoms with van der Waals surface area (Å²) in [6.45, 7) is 2.03. The Morgan fingerprint density at radius 3 is 2.81 bits per heavy atom. The lowest BCUT2D eigenvalue weighted by Crippen LogP contribution is -2.03. The smallest absolute Gasteiger partial charge is 0.169 e. The van der Waals surface area contributed by atoms with Crippen LogP contribution in [-0.4, -0.2) is 15.0 Å². The van der Waals surface area contributed by atoms with Crippen molar-refractivity contribution in [1.29, 1.82) is 0 Å². The summed E-state index contributed by atoms with van der Waals surface area (Å²) < 4.78 is 3.70. The van der Waals surface area contributed by atoms with Crippen LogP contribution >= 0.6 is 31.9 Å². The van der Waals surface area contributed by atoms with Crippen LogP contribution in [0.4, 0.5) is 5.82 Å². The topological polar surface area (TPSA) is 56.7 Å². The molecule has 0 fully saturated rings. The van der Waals surface area contributed by atoms with Crippen LogP contribution in [0.2, 0.25) is 0 Å². The molecule has 0 spiro atoms. The molecule has 0 aliphatic rings. The molecule has 0 saturated carbocycles. The van der Waals surface area contributed by atoms with Gasteiger partial charge in [-0.2, -0.15) is 0 Å². The molecule has 0 amide bonds. The number of rotatable bonds is 2. The largest absolute Gasteiger partial charge is 0.381 e. The van der Waals surface area contributed by atoms with Gasteiger partial charge in [-0.25, -0.2) is 4.68 Å². The van der Waals surface area contributed by atoms with Crippen molar-refractivity contribution >= 4 is 37.7 Å². The summed E-state index contributed by atoms with van der Waals surface area (Å²) in [6, 6.07) is 5.88. The van der Waals surface area contributed by atoms with Crippen LogP contribution in [0.1, 0.15) is 12.6 Å². The maximum absolute atomic E-state index is 5.76. The highest BCUT2D eigenvalue weighted by Gasteiger charge is 2.12. The normalized spacial score (nSPS) is 10.7. The second kappa shape index (κ2) is 4.55. The van der Waals surface area contributed by atoms with Gasteiger partial charge in [0.1, 0.15) is 0 Å². The first-order chi connectivity index (χ1) is 7.63. The third-order valence-corrected chi connectivity index (χ3v) is 3.43. The minimum absolute atomic E-state index is 0.481. The molecule has 0 bridgehead atoms. The SMILES string of the molecule is CCc1c(N)nnn1-c1cc(Br)ccc1Br. The van der Waals surface area contributed by atoms with Gasteiger partial charge in [0.15, 0.2) is 5.82 Å². The van der Waals surface area contributed by atoms with E-state index in [9.17, 15) is 0 Å². The van der Waals surface area contributed by atoms with Crippen LogP contribution in [0.5, 0.6) is 0 Å². The molecule has 0 saturated heterocycles. The molecule has 0 aliphatic heterocycles. The average molecular weight is 346 g/mol. The molecule has 0 aliphatic carbocycles. The Labute approximate surface area is 110 Å². The highest BCUT2D eigenvalue weighted by molar-refractivity contribution is 9.11. The predicted octanol–water partition coefficient (Wildman–Crippen LogP) is 2.94. The average Bonchev–Trinajstić information content (AvgIpc) is 2.63. The lowest BCUT2D eigenvalue weighted by atomic mass is 10.3. The number of benzene rings is 1. The van der Waals surface area contributed by atoms with E-state index in [0.29, 0.717) is 5.82 Å². The Hall–Kier alpha value is -0.880. The summed E-state index contributed by atoms with van der Waals surface area (Å²) in [4.78, 5) is 0. The van der Waals surface area contributed by atoms with Crippen molar-refractivity contribution in [2.75, 3.05) is 5.73 Å². The fourth-order valence-corrected chi connectivity index (χ4v) is 2.25. The van der Waals surface area contributed by atoms with Gasteiger partial charge in [0.2, 0.25) is 0 Å². The summed E-state index contributed by atoms with van der Waals surface area (Å²) in [7, 11) is 0. The quantitative estimate of drug-likeness (QED) is 0.910. The third-order valence-electron chi connectivity index (χ3n) is 2.26. The van der Waals surface area contributed by atoms with Crippen molar-refractivity contribution in [2.24, 2.45) is 0 Å². The highest BCUT2D eigenvalue weighted by atomic mass is 79.9. The van der Waals surface area contributed by atoms with Gasteiger partial charge in [0, 0.05) is 8.95 Å². The second-order valence-electron chi connectivity index (χ2n) is 3.28. The molecule has 0 radical (unpaired) electrons. The van der Waals surface area contributed by atoms with Crippen molar-refractivity contribution in [1.82, 2.24) is 15.0 Å². The van der Waals surface area contributed by atoms with Crippen molar-refractivity contribution in [3.8, 4) is 5.69 Å². The zero-order valence-corrected chi connectivity index (χ0v) is 11.8. The van der Waals surface area contributed by atoms with E-state index in [1.807, 2.05) is 25.1 Å². The summed E-state index contributed by atoms with van der Waals surface area (Å²) in [5.74, 6) is 0.481. The minimum Gasteiger partial charge on any atom is -0.381 e. The number of anilines is 1. The van der Waals surface area contributed by atoms with Gasteiger partial charge in [-0.05, 0) is 40.5 Å². The van der Waals surface area contributed by atoms with Crippen LogP contribution in [0.25, 0.3) is 5.69 Å². The van der Waals surface area contributed by atoms with Crippen LogP contribution in [0.15, 0.2) is 27.1 Å². The van der Waals surface area contributed by atoms with Gasteiger partial charge in [0.25, 0.3) is 0 Å². The maximum Gasteiger partial charge on any atom is 0.169 e. The fourth-order valence-electron chi connectivity index (χ4n) is 1.49.